The van der Waals surface area contributed by atoms with Gasteiger partial charge in [-0.2, -0.15) is 0 Å². The van der Waals surface area contributed by atoms with E-state index in [4.69, 9.17) is 14.2 Å². The summed E-state index contributed by atoms with van der Waals surface area (Å²) in [6.07, 6.45) is 5.63. The lowest BCUT2D eigenvalue weighted by Gasteiger charge is -2.17. The van der Waals surface area contributed by atoms with Crippen molar-refractivity contribution >= 4 is 0 Å². The van der Waals surface area contributed by atoms with Crippen LogP contribution in [-0.4, -0.2) is 36.9 Å². The predicted octanol–water partition coefficient (Wildman–Crippen LogP) is 2.72. The van der Waals surface area contributed by atoms with E-state index in [1.165, 1.54) is 0 Å². The van der Waals surface area contributed by atoms with E-state index in [0.29, 0.717) is 29.8 Å². The highest BCUT2D eigenvalue weighted by molar-refractivity contribution is 5.53. The Morgan fingerprint density at radius 2 is 1.92 bits per heavy atom. The summed E-state index contributed by atoms with van der Waals surface area (Å²) >= 11 is 0. The summed E-state index contributed by atoms with van der Waals surface area (Å²) in [5.74, 6) is 2.55. The maximum absolute atomic E-state index is 5.63. The molecule has 0 fully saturated rings. The summed E-state index contributed by atoms with van der Waals surface area (Å²) in [7, 11) is 3.28. The predicted molar refractivity (Wildman–Crippen MR) is 93.8 cm³/mol. The Morgan fingerprint density at radius 1 is 1.21 bits per heavy atom. The SMILES string of the molecule is CCOc1c(OC)cc(CNCC(C)Cn2ccnc2)cc1OC. The molecule has 1 aromatic carbocycles. The van der Waals surface area contributed by atoms with Crippen molar-refractivity contribution < 1.29 is 14.2 Å². The zero-order valence-corrected chi connectivity index (χ0v) is 14.9. The van der Waals surface area contributed by atoms with Crippen molar-refractivity contribution in [2.24, 2.45) is 5.92 Å². The Kier molecular flexibility index (Phi) is 6.93. The minimum atomic E-state index is 0.505. The van der Waals surface area contributed by atoms with Gasteiger partial charge in [0.1, 0.15) is 0 Å². The quantitative estimate of drug-likeness (QED) is 0.724. The summed E-state index contributed by atoms with van der Waals surface area (Å²) < 4.78 is 18.6. The van der Waals surface area contributed by atoms with Crippen LogP contribution in [0.25, 0.3) is 0 Å². The lowest BCUT2D eigenvalue weighted by atomic mass is 10.1. The molecule has 1 atom stereocenters. The molecule has 0 radical (unpaired) electrons. The molecule has 6 heteroatoms. The first kappa shape index (κ1) is 18.1. The highest BCUT2D eigenvalue weighted by Gasteiger charge is 2.14. The number of methoxy groups -OCH3 is 2. The maximum Gasteiger partial charge on any atom is 0.203 e. The maximum atomic E-state index is 5.63. The van der Waals surface area contributed by atoms with Crippen LogP contribution in [-0.2, 0) is 13.1 Å². The van der Waals surface area contributed by atoms with Gasteiger partial charge >= 0.3 is 0 Å². The number of nitrogens with one attached hydrogen (secondary N) is 1. The second kappa shape index (κ2) is 9.17. The molecule has 0 aliphatic heterocycles. The molecule has 1 aromatic heterocycles. The minimum absolute atomic E-state index is 0.505. The Hall–Kier alpha value is -2.21. The number of benzene rings is 1. The van der Waals surface area contributed by atoms with Crippen LogP contribution in [0.3, 0.4) is 0 Å². The molecule has 0 aliphatic rings. The van der Waals surface area contributed by atoms with Gasteiger partial charge in [0.15, 0.2) is 11.5 Å². The number of rotatable bonds is 10. The standard InChI is InChI=1S/C18H27N3O3/c1-5-24-18-16(22-3)8-15(9-17(18)23-4)11-20-10-14(2)12-21-7-6-19-13-21/h6-9,13-14,20H,5,10-12H2,1-4H3. The third-order valence-electron chi connectivity index (χ3n) is 3.71. The van der Waals surface area contributed by atoms with Crippen LogP contribution in [0.1, 0.15) is 19.4 Å². The van der Waals surface area contributed by atoms with Crippen molar-refractivity contribution in [3.8, 4) is 17.2 Å². The third-order valence-corrected chi connectivity index (χ3v) is 3.71. The van der Waals surface area contributed by atoms with Gasteiger partial charge in [-0.15, -0.1) is 0 Å². The molecular formula is C18H27N3O3. The Bertz CT molecular complexity index is 589. The lowest BCUT2D eigenvalue weighted by Crippen LogP contribution is -2.23. The molecule has 1 N–H and O–H groups in total. The van der Waals surface area contributed by atoms with Crippen molar-refractivity contribution in [2.45, 2.75) is 26.9 Å². The summed E-state index contributed by atoms with van der Waals surface area (Å²) in [4.78, 5) is 4.07. The van der Waals surface area contributed by atoms with E-state index >= 15 is 0 Å². The molecule has 6 nitrogen and oxygen atoms in total. The molecule has 0 bridgehead atoms. The van der Waals surface area contributed by atoms with Gasteiger partial charge in [-0.3, -0.25) is 0 Å². The van der Waals surface area contributed by atoms with Crippen molar-refractivity contribution in [3.63, 3.8) is 0 Å². The number of aromatic nitrogens is 2. The molecule has 2 aromatic rings. The largest absolute Gasteiger partial charge is 0.493 e. The van der Waals surface area contributed by atoms with Crippen LogP contribution in [0.2, 0.25) is 0 Å². The number of hydrogen-bond donors (Lipinski definition) is 1. The average Bonchev–Trinajstić information content (AvgIpc) is 3.08. The summed E-state index contributed by atoms with van der Waals surface area (Å²) in [5, 5.41) is 3.48. The van der Waals surface area contributed by atoms with Crippen LogP contribution in [0, 0.1) is 5.92 Å². The van der Waals surface area contributed by atoms with Gasteiger partial charge in [0.05, 0.1) is 27.2 Å². The Morgan fingerprint density at radius 3 is 2.46 bits per heavy atom. The zero-order valence-electron chi connectivity index (χ0n) is 14.9. The topological polar surface area (TPSA) is 57.5 Å². The number of ether oxygens (including phenoxy) is 3. The van der Waals surface area contributed by atoms with Gasteiger partial charge in [0.25, 0.3) is 0 Å². The molecule has 24 heavy (non-hydrogen) atoms. The molecule has 0 amide bonds. The molecule has 0 aliphatic carbocycles. The van der Waals surface area contributed by atoms with E-state index in [0.717, 1.165) is 25.2 Å². The summed E-state index contributed by atoms with van der Waals surface area (Å²) in [6, 6.07) is 3.97. The van der Waals surface area contributed by atoms with E-state index in [-0.39, 0.29) is 0 Å². The van der Waals surface area contributed by atoms with Gasteiger partial charge in [0, 0.05) is 25.5 Å². The van der Waals surface area contributed by atoms with E-state index < -0.39 is 0 Å². The average molecular weight is 333 g/mol. The highest BCUT2D eigenvalue weighted by Crippen LogP contribution is 2.38. The van der Waals surface area contributed by atoms with Crippen LogP contribution in [0.5, 0.6) is 17.2 Å². The second-order valence-electron chi connectivity index (χ2n) is 5.76. The fourth-order valence-corrected chi connectivity index (χ4v) is 2.60. The molecule has 0 saturated heterocycles. The third kappa shape index (κ3) is 4.89. The zero-order chi connectivity index (χ0) is 17.4. The summed E-state index contributed by atoms with van der Waals surface area (Å²) in [6.45, 7) is 7.32. The second-order valence-corrected chi connectivity index (χ2v) is 5.76. The number of nitrogens with zero attached hydrogens (tertiary/aromatic N) is 2. The Balaban J connectivity index is 1.94. The van der Waals surface area contributed by atoms with Gasteiger partial charge in [-0.25, -0.2) is 4.98 Å². The van der Waals surface area contributed by atoms with Gasteiger partial charge in [-0.05, 0) is 37.1 Å². The van der Waals surface area contributed by atoms with Crippen molar-refractivity contribution in [1.29, 1.82) is 0 Å². The molecule has 132 valence electrons. The van der Waals surface area contributed by atoms with E-state index in [1.807, 2.05) is 31.6 Å². The summed E-state index contributed by atoms with van der Waals surface area (Å²) in [5.41, 5.74) is 1.10. The van der Waals surface area contributed by atoms with E-state index in [2.05, 4.69) is 21.8 Å². The molecule has 1 unspecified atom stereocenters. The molecule has 0 spiro atoms. The van der Waals surface area contributed by atoms with Crippen molar-refractivity contribution in [3.05, 3.63) is 36.4 Å². The fraction of sp³-hybridized carbons (Fsp3) is 0.500. The number of hydrogen-bond acceptors (Lipinski definition) is 5. The lowest BCUT2D eigenvalue weighted by molar-refractivity contribution is 0.287. The molecular weight excluding hydrogens is 306 g/mol. The first-order chi connectivity index (χ1) is 11.7. The van der Waals surface area contributed by atoms with Crippen molar-refractivity contribution in [1.82, 2.24) is 14.9 Å². The van der Waals surface area contributed by atoms with Gasteiger partial charge < -0.3 is 24.1 Å². The fourth-order valence-electron chi connectivity index (χ4n) is 2.60. The monoisotopic (exact) mass is 333 g/mol. The van der Waals surface area contributed by atoms with Crippen LogP contribution in [0.15, 0.2) is 30.9 Å². The molecule has 2 rings (SSSR count). The first-order valence-electron chi connectivity index (χ1n) is 8.22. The van der Waals surface area contributed by atoms with Crippen molar-refractivity contribution in [2.75, 3.05) is 27.4 Å². The van der Waals surface area contributed by atoms with Crippen LogP contribution < -0.4 is 19.5 Å². The van der Waals surface area contributed by atoms with E-state index in [9.17, 15) is 0 Å². The Labute approximate surface area is 143 Å². The molecule has 0 saturated carbocycles. The van der Waals surface area contributed by atoms with E-state index in [1.54, 1.807) is 20.4 Å². The van der Waals surface area contributed by atoms with Crippen LogP contribution in [0.4, 0.5) is 0 Å². The smallest absolute Gasteiger partial charge is 0.203 e. The highest BCUT2D eigenvalue weighted by atomic mass is 16.5. The van der Waals surface area contributed by atoms with Gasteiger partial charge in [0.2, 0.25) is 5.75 Å². The van der Waals surface area contributed by atoms with Gasteiger partial charge in [-0.1, -0.05) is 6.92 Å². The first-order valence-corrected chi connectivity index (χ1v) is 8.22. The number of imidazole rings is 1. The normalized spacial score (nSPS) is 12.0. The molecule has 1 heterocycles. The van der Waals surface area contributed by atoms with Crippen LogP contribution >= 0.6 is 0 Å². The minimum Gasteiger partial charge on any atom is -0.493 e.